The van der Waals surface area contributed by atoms with Crippen molar-refractivity contribution in [1.29, 1.82) is 0 Å². The third-order valence-corrected chi connectivity index (χ3v) is 2.57. The molecule has 0 saturated carbocycles. The largest absolute Gasteiger partial charge is 0.387 e. The fourth-order valence-corrected chi connectivity index (χ4v) is 1.63. The summed E-state index contributed by atoms with van der Waals surface area (Å²) in [5.74, 6) is 3.17. The summed E-state index contributed by atoms with van der Waals surface area (Å²) in [7, 11) is 0. The van der Waals surface area contributed by atoms with Crippen LogP contribution in [0, 0.1) is 0 Å². The van der Waals surface area contributed by atoms with Crippen molar-refractivity contribution in [1.82, 2.24) is 0 Å². The molecule has 0 aromatic heterocycles. The summed E-state index contributed by atoms with van der Waals surface area (Å²) in [4.78, 5) is 4.35. The average Bonchev–Trinajstić information content (AvgIpc) is 2.05. The molecule has 0 aromatic carbocycles. The van der Waals surface area contributed by atoms with Gasteiger partial charge in [-0.15, -0.1) is 0 Å². The lowest BCUT2D eigenvalue weighted by Gasteiger charge is -2.06. The Balaban J connectivity index is 3.51. The monoisotopic (exact) mass is 188 g/mol. The van der Waals surface area contributed by atoms with Crippen molar-refractivity contribution in [3.05, 3.63) is 0 Å². The van der Waals surface area contributed by atoms with E-state index in [1.54, 1.807) is 0 Å². The summed E-state index contributed by atoms with van der Waals surface area (Å²) in [5.41, 5.74) is 5.62. The normalized spacial score (nSPS) is 14.8. The minimum atomic E-state index is 0.393. The van der Waals surface area contributed by atoms with Gasteiger partial charge in [0.2, 0.25) is 0 Å². The van der Waals surface area contributed by atoms with E-state index in [4.69, 9.17) is 5.73 Å². The van der Waals surface area contributed by atoms with E-state index in [-0.39, 0.29) is 0 Å². The van der Waals surface area contributed by atoms with Crippen LogP contribution in [0.15, 0.2) is 4.99 Å². The molecular weight excluding hydrogens is 168 g/mol. The summed E-state index contributed by atoms with van der Waals surface area (Å²) in [6, 6.07) is 0.393. The molecule has 12 heavy (non-hydrogen) atoms. The highest BCUT2D eigenvalue weighted by Gasteiger charge is 1.98. The van der Waals surface area contributed by atoms with Crippen LogP contribution in [0.5, 0.6) is 0 Å². The molecule has 0 aliphatic heterocycles. The van der Waals surface area contributed by atoms with Gasteiger partial charge in [0.15, 0.2) is 0 Å². The number of amidine groups is 1. The Hall–Kier alpha value is -0.180. The third kappa shape index (κ3) is 6.53. The fraction of sp³-hybridized carbons (Fsp3) is 0.889. The number of thioether (sulfide) groups is 1. The molecule has 0 spiro atoms. The molecular formula is C9H20N2S. The summed E-state index contributed by atoms with van der Waals surface area (Å²) < 4.78 is 0. The van der Waals surface area contributed by atoms with Crippen molar-refractivity contribution >= 4 is 17.6 Å². The molecule has 72 valence electrons. The lowest BCUT2D eigenvalue weighted by molar-refractivity contribution is 0.720. The van der Waals surface area contributed by atoms with Gasteiger partial charge in [-0.2, -0.15) is 11.8 Å². The molecule has 0 aromatic rings. The molecule has 3 heteroatoms. The zero-order valence-corrected chi connectivity index (χ0v) is 9.16. The number of rotatable bonds is 6. The summed E-state index contributed by atoms with van der Waals surface area (Å²) in [6.07, 6.45) is 2.00. The van der Waals surface area contributed by atoms with Crippen molar-refractivity contribution in [2.45, 2.75) is 39.7 Å². The average molecular weight is 188 g/mol. The molecule has 0 fully saturated rings. The number of hydrogen-bond donors (Lipinski definition) is 1. The SMILES string of the molecule is CCSCCC(C)N=C(N)CC. The van der Waals surface area contributed by atoms with Crippen LogP contribution in [0.3, 0.4) is 0 Å². The van der Waals surface area contributed by atoms with Gasteiger partial charge in [-0.05, 0) is 24.9 Å². The minimum absolute atomic E-state index is 0.393. The van der Waals surface area contributed by atoms with E-state index in [1.165, 1.54) is 11.5 Å². The van der Waals surface area contributed by atoms with Crippen LogP contribution >= 0.6 is 11.8 Å². The maximum atomic E-state index is 5.62. The van der Waals surface area contributed by atoms with E-state index < -0.39 is 0 Å². The highest BCUT2D eigenvalue weighted by Crippen LogP contribution is 2.06. The van der Waals surface area contributed by atoms with Gasteiger partial charge in [0.25, 0.3) is 0 Å². The lowest BCUT2D eigenvalue weighted by atomic mass is 10.3. The van der Waals surface area contributed by atoms with Gasteiger partial charge >= 0.3 is 0 Å². The van der Waals surface area contributed by atoms with Gasteiger partial charge in [0, 0.05) is 12.5 Å². The Morgan fingerprint density at radius 2 is 2.17 bits per heavy atom. The first-order valence-corrected chi connectivity index (χ1v) is 5.76. The predicted octanol–water partition coefficient (Wildman–Crippen LogP) is 2.29. The van der Waals surface area contributed by atoms with Gasteiger partial charge in [-0.1, -0.05) is 13.8 Å². The standard InChI is InChI=1S/C9H20N2S/c1-4-9(10)11-8(3)6-7-12-5-2/h8H,4-7H2,1-3H3,(H2,10,11). The van der Waals surface area contributed by atoms with Crippen molar-refractivity contribution in [3.8, 4) is 0 Å². The topological polar surface area (TPSA) is 38.4 Å². The molecule has 0 bridgehead atoms. The summed E-state index contributed by atoms with van der Waals surface area (Å²) in [6.45, 7) is 6.34. The van der Waals surface area contributed by atoms with E-state index in [0.29, 0.717) is 6.04 Å². The third-order valence-electron chi connectivity index (χ3n) is 1.63. The van der Waals surface area contributed by atoms with E-state index in [2.05, 4.69) is 18.8 Å². The molecule has 0 amide bonds. The van der Waals surface area contributed by atoms with Crippen molar-refractivity contribution in [3.63, 3.8) is 0 Å². The Bertz CT molecular complexity index is 134. The molecule has 0 saturated heterocycles. The van der Waals surface area contributed by atoms with Crippen LogP contribution in [0.4, 0.5) is 0 Å². The number of aliphatic imine (C=N–C) groups is 1. The van der Waals surface area contributed by atoms with E-state index >= 15 is 0 Å². The maximum absolute atomic E-state index is 5.62. The molecule has 2 N–H and O–H groups in total. The van der Waals surface area contributed by atoms with Crippen molar-refractivity contribution < 1.29 is 0 Å². The maximum Gasteiger partial charge on any atom is 0.0937 e. The molecule has 1 unspecified atom stereocenters. The molecule has 0 radical (unpaired) electrons. The minimum Gasteiger partial charge on any atom is -0.387 e. The number of nitrogens with two attached hydrogens (primary N) is 1. The van der Waals surface area contributed by atoms with Gasteiger partial charge in [-0.25, -0.2) is 0 Å². The van der Waals surface area contributed by atoms with Crippen LogP contribution in [0.2, 0.25) is 0 Å². The van der Waals surface area contributed by atoms with Crippen LogP contribution in [0.1, 0.15) is 33.6 Å². The molecule has 0 aliphatic carbocycles. The Morgan fingerprint density at radius 1 is 1.50 bits per heavy atom. The second-order valence-electron chi connectivity index (χ2n) is 2.81. The quantitative estimate of drug-likeness (QED) is 0.394. The van der Waals surface area contributed by atoms with Gasteiger partial charge < -0.3 is 5.73 Å². The molecule has 1 atom stereocenters. The first-order chi connectivity index (χ1) is 5.70. The smallest absolute Gasteiger partial charge is 0.0937 e. The van der Waals surface area contributed by atoms with Crippen molar-refractivity contribution in [2.75, 3.05) is 11.5 Å². The van der Waals surface area contributed by atoms with E-state index in [1.807, 2.05) is 18.7 Å². The molecule has 2 nitrogen and oxygen atoms in total. The van der Waals surface area contributed by atoms with Crippen LogP contribution in [0.25, 0.3) is 0 Å². The van der Waals surface area contributed by atoms with Gasteiger partial charge in [0.05, 0.1) is 5.84 Å². The Morgan fingerprint density at radius 3 is 2.67 bits per heavy atom. The second kappa shape index (κ2) is 7.47. The fourth-order valence-electron chi connectivity index (χ4n) is 0.837. The summed E-state index contributed by atoms with van der Waals surface area (Å²) in [5, 5.41) is 0. The second-order valence-corrected chi connectivity index (χ2v) is 4.20. The first kappa shape index (κ1) is 11.8. The van der Waals surface area contributed by atoms with Crippen LogP contribution in [-0.2, 0) is 0 Å². The highest BCUT2D eigenvalue weighted by atomic mass is 32.2. The molecule has 0 rings (SSSR count). The van der Waals surface area contributed by atoms with Gasteiger partial charge in [-0.3, -0.25) is 4.99 Å². The van der Waals surface area contributed by atoms with E-state index in [0.717, 1.165) is 18.7 Å². The van der Waals surface area contributed by atoms with Gasteiger partial charge in [0.1, 0.15) is 0 Å². The zero-order valence-electron chi connectivity index (χ0n) is 8.34. The first-order valence-electron chi connectivity index (χ1n) is 4.60. The summed E-state index contributed by atoms with van der Waals surface area (Å²) >= 11 is 1.96. The highest BCUT2D eigenvalue weighted by molar-refractivity contribution is 7.99. The Kier molecular flexibility index (Phi) is 7.36. The molecule has 0 aliphatic rings. The van der Waals surface area contributed by atoms with Crippen molar-refractivity contribution in [2.24, 2.45) is 10.7 Å². The lowest BCUT2D eigenvalue weighted by Crippen LogP contribution is -2.14. The number of nitrogens with zero attached hydrogens (tertiary/aromatic N) is 1. The van der Waals surface area contributed by atoms with Crippen LogP contribution < -0.4 is 5.73 Å². The Labute approximate surface area is 80.0 Å². The van der Waals surface area contributed by atoms with Crippen LogP contribution in [-0.4, -0.2) is 23.4 Å². The predicted molar refractivity (Wildman–Crippen MR) is 59.0 cm³/mol. The van der Waals surface area contributed by atoms with E-state index in [9.17, 15) is 0 Å². The zero-order chi connectivity index (χ0) is 9.40. The number of hydrogen-bond acceptors (Lipinski definition) is 2. The molecule has 0 heterocycles.